The van der Waals surface area contributed by atoms with E-state index in [0.717, 1.165) is 11.1 Å². The van der Waals surface area contributed by atoms with Crippen LogP contribution in [0, 0.1) is 12.7 Å². The number of hydrogen-bond donors (Lipinski definition) is 2. The molecule has 0 spiro atoms. The molecule has 2 N–H and O–H groups in total. The second-order valence-electron chi connectivity index (χ2n) is 10.5. The highest BCUT2D eigenvalue weighted by molar-refractivity contribution is 6.03. The molecule has 2 heterocycles. The molecule has 2 atom stereocenters. The van der Waals surface area contributed by atoms with Crippen molar-refractivity contribution in [1.82, 2.24) is 4.98 Å². The smallest absolute Gasteiger partial charge is 0.236 e. The maximum atomic E-state index is 14.0. The second kappa shape index (κ2) is 11.2. The van der Waals surface area contributed by atoms with Crippen LogP contribution in [0.15, 0.2) is 48.7 Å². The number of benzene rings is 2. The van der Waals surface area contributed by atoms with Gasteiger partial charge >= 0.3 is 0 Å². The number of amides is 1. The number of pyridine rings is 1. The number of anilines is 2. The first kappa shape index (κ1) is 28.3. The highest BCUT2D eigenvalue weighted by atomic mass is 19.1. The summed E-state index contributed by atoms with van der Waals surface area (Å²) >= 11 is 0. The van der Waals surface area contributed by atoms with Gasteiger partial charge in [-0.2, -0.15) is 0 Å². The number of halogens is 1. The third-order valence-corrected chi connectivity index (χ3v) is 7.52. The van der Waals surface area contributed by atoms with Gasteiger partial charge in [0.25, 0.3) is 0 Å². The minimum absolute atomic E-state index is 0.123. The molecule has 1 aliphatic rings. The summed E-state index contributed by atoms with van der Waals surface area (Å²) in [7, 11) is 4.81. The van der Waals surface area contributed by atoms with Gasteiger partial charge in [-0.3, -0.25) is 4.79 Å². The van der Waals surface area contributed by atoms with Gasteiger partial charge in [0.15, 0.2) is 0 Å². The number of carbonyl (C=O) groups excluding carboxylic acids is 1. The molecule has 0 radical (unpaired) electrons. The van der Waals surface area contributed by atoms with Crippen molar-refractivity contribution in [3.05, 3.63) is 65.6 Å². The number of likely N-dealkylation sites (N-methyl/N-ethyl adjacent to an activating group) is 1. The minimum Gasteiger partial charge on any atom is -0.497 e. The molecule has 1 aromatic heterocycles. The summed E-state index contributed by atoms with van der Waals surface area (Å²) < 4.78 is 24.9. The van der Waals surface area contributed by atoms with Gasteiger partial charge in [-0.15, -0.1) is 0 Å². The molecular formula is C30H36FN3O5. The molecule has 0 aliphatic carbocycles. The summed E-state index contributed by atoms with van der Waals surface area (Å²) in [6, 6.07) is 11.5. The van der Waals surface area contributed by atoms with E-state index in [1.807, 2.05) is 43.9 Å². The molecule has 1 amide bonds. The number of methoxy groups -OCH3 is 2. The number of aliphatic hydroxyl groups is 2. The van der Waals surface area contributed by atoms with E-state index in [1.54, 1.807) is 44.5 Å². The quantitative estimate of drug-likeness (QED) is 0.447. The molecule has 1 fully saturated rings. The molecule has 8 nitrogen and oxygen atoms in total. The van der Waals surface area contributed by atoms with Gasteiger partial charge in [-0.25, -0.2) is 9.37 Å². The molecule has 0 unspecified atom stereocenters. The van der Waals surface area contributed by atoms with Gasteiger partial charge in [0.1, 0.15) is 23.1 Å². The van der Waals surface area contributed by atoms with E-state index in [-0.39, 0.29) is 24.4 Å². The zero-order chi connectivity index (χ0) is 28.5. The van der Waals surface area contributed by atoms with Crippen LogP contribution in [0.5, 0.6) is 11.5 Å². The van der Waals surface area contributed by atoms with Crippen LogP contribution in [0.2, 0.25) is 0 Å². The first-order valence-electron chi connectivity index (χ1n) is 12.8. The maximum absolute atomic E-state index is 14.0. The molecule has 9 heteroatoms. The van der Waals surface area contributed by atoms with Crippen LogP contribution < -0.4 is 19.3 Å². The first-order chi connectivity index (χ1) is 18.5. The number of β-amino-alcohol motifs (C(OH)–C–C–N with tert-alkyl or cyclic N) is 1. The Labute approximate surface area is 228 Å². The van der Waals surface area contributed by atoms with E-state index < -0.39 is 11.5 Å². The van der Waals surface area contributed by atoms with Crippen molar-refractivity contribution in [2.24, 2.45) is 0 Å². The van der Waals surface area contributed by atoms with E-state index in [0.29, 0.717) is 47.1 Å². The van der Waals surface area contributed by atoms with Crippen LogP contribution in [0.25, 0.3) is 11.1 Å². The van der Waals surface area contributed by atoms with Gasteiger partial charge in [-0.1, -0.05) is 6.07 Å². The summed E-state index contributed by atoms with van der Waals surface area (Å²) in [5.41, 5.74) is 2.43. The molecule has 39 heavy (non-hydrogen) atoms. The Balaban J connectivity index is 1.81. The van der Waals surface area contributed by atoms with Crippen molar-refractivity contribution >= 4 is 17.4 Å². The average molecular weight is 538 g/mol. The third kappa shape index (κ3) is 5.55. The fraction of sp³-hybridized carbons (Fsp3) is 0.400. The summed E-state index contributed by atoms with van der Waals surface area (Å²) in [6.45, 7) is 5.69. The van der Waals surface area contributed by atoms with Gasteiger partial charge in [0.05, 0.1) is 50.3 Å². The molecule has 1 saturated heterocycles. The van der Waals surface area contributed by atoms with E-state index in [1.165, 1.54) is 12.1 Å². The standard InChI is InChI=1S/C30H36FN3O5/c1-18-9-20(31)7-8-25(18)26-14-28(34-16-22(36)12-21(34)17-35)32-15-27(26)33(4)29(37)30(2,3)19-10-23(38-5)13-24(11-19)39-6/h7-11,13-15,21-22,35-36H,12,16-17H2,1-6H3/t21-,22+/m0/s1. The normalized spacial score (nSPS) is 17.3. The fourth-order valence-corrected chi connectivity index (χ4v) is 5.17. The SMILES string of the molecule is COc1cc(OC)cc(C(C)(C)C(=O)N(C)c2cnc(N3C[C@H](O)C[C@H]3CO)cc2-c2ccc(F)cc2C)c1. The zero-order valence-electron chi connectivity index (χ0n) is 23.2. The lowest BCUT2D eigenvalue weighted by molar-refractivity contribution is -0.122. The van der Waals surface area contributed by atoms with Crippen LogP contribution in [0.1, 0.15) is 31.4 Å². The second-order valence-corrected chi connectivity index (χ2v) is 10.5. The molecule has 2 aromatic carbocycles. The zero-order valence-corrected chi connectivity index (χ0v) is 23.2. The Kier molecular flexibility index (Phi) is 8.13. The number of aliphatic hydroxyl groups excluding tert-OH is 2. The van der Waals surface area contributed by atoms with Crippen molar-refractivity contribution in [1.29, 1.82) is 0 Å². The Morgan fingerprint density at radius 2 is 1.79 bits per heavy atom. The lowest BCUT2D eigenvalue weighted by Gasteiger charge is -2.32. The molecule has 1 aliphatic heterocycles. The van der Waals surface area contributed by atoms with Crippen LogP contribution in [-0.4, -0.2) is 67.7 Å². The monoisotopic (exact) mass is 537 g/mol. The number of rotatable bonds is 8. The number of aromatic nitrogens is 1. The van der Waals surface area contributed by atoms with Gasteiger partial charge < -0.3 is 29.5 Å². The van der Waals surface area contributed by atoms with Crippen LogP contribution in [0.3, 0.4) is 0 Å². The number of carbonyl (C=O) groups is 1. The Bertz CT molecular complexity index is 1340. The highest BCUT2D eigenvalue weighted by Crippen LogP contribution is 2.39. The van der Waals surface area contributed by atoms with E-state index in [9.17, 15) is 19.4 Å². The summed E-state index contributed by atoms with van der Waals surface area (Å²) in [5, 5.41) is 20.1. The van der Waals surface area contributed by atoms with Crippen molar-refractivity contribution in [3.63, 3.8) is 0 Å². The van der Waals surface area contributed by atoms with Crippen molar-refractivity contribution in [2.75, 3.05) is 44.2 Å². The Morgan fingerprint density at radius 3 is 2.38 bits per heavy atom. The highest BCUT2D eigenvalue weighted by Gasteiger charge is 2.36. The lowest BCUT2D eigenvalue weighted by atomic mass is 9.82. The number of aryl methyl sites for hydroxylation is 1. The van der Waals surface area contributed by atoms with E-state index in [4.69, 9.17) is 9.47 Å². The topological polar surface area (TPSA) is 95.4 Å². The Hall–Kier alpha value is -3.69. The first-order valence-corrected chi connectivity index (χ1v) is 12.8. The largest absolute Gasteiger partial charge is 0.497 e. The van der Waals surface area contributed by atoms with E-state index >= 15 is 0 Å². The predicted molar refractivity (Wildman–Crippen MR) is 149 cm³/mol. The molecule has 208 valence electrons. The minimum atomic E-state index is -0.967. The Morgan fingerprint density at radius 1 is 1.13 bits per heavy atom. The summed E-state index contributed by atoms with van der Waals surface area (Å²) in [4.78, 5) is 22.1. The molecule has 4 rings (SSSR count). The lowest BCUT2D eigenvalue weighted by Crippen LogP contribution is -2.42. The number of nitrogens with zero attached hydrogens (tertiary/aromatic N) is 3. The molecule has 3 aromatic rings. The molecule has 0 bridgehead atoms. The van der Waals surface area contributed by atoms with Gasteiger partial charge in [0.2, 0.25) is 5.91 Å². The van der Waals surface area contributed by atoms with Crippen LogP contribution in [-0.2, 0) is 10.2 Å². The molecular weight excluding hydrogens is 501 g/mol. The van der Waals surface area contributed by atoms with E-state index in [2.05, 4.69) is 4.98 Å². The number of ether oxygens (including phenoxy) is 2. The predicted octanol–water partition coefficient (Wildman–Crippen LogP) is 4.09. The average Bonchev–Trinajstić information content (AvgIpc) is 3.32. The number of hydrogen-bond acceptors (Lipinski definition) is 7. The van der Waals surface area contributed by atoms with Crippen molar-refractivity contribution < 1.29 is 28.9 Å². The summed E-state index contributed by atoms with van der Waals surface area (Å²) in [6.07, 6.45) is 1.47. The molecule has 0 saturated carbocycles. The van der Waals surface area contributed by atoms with Gasteiger partial charge in [-0.05, 0) is 74.2 Å². The van der Waals surface area contributed by atoms with Crippen molar-refractivity contribution in [3.8, 4) is 22.6 Å². The fourth-order valence-electron chi connectivity index (χ4n) is 5.17. The summed E-state index contributed by atoms with van der Waals surface area (Å²) in [5.74, 6) is 1.16. The third-order valence-electron chi connectivity index (χ3n) is 7.52. The van der Waals surface area contributed by atoms with Crippen molar-refractivity contribution in [2.45, 2.75) is 44.8 Å². The van der Waals surface area contributed by atoms with Gasteiger partial charge in [0, 0.05) is 25.2 Å². The van der Waals surface area contributed by atoms with Crippen LogP contribution >= 0.6 is 0 Å². The van der Waals surface area contributed by atoms with Crippen LogP contribution in [0.4, 0.5) is 15.9 Å². The maximum Gasteiger partial charge on any atom is 0.236 e.